The van der Waals surface area contributed by atoms with Crippen LogP contribution in [0.5, 0.6) is 5.75 Å². The minimum absolute atomic E-state index is 0. The first kappa shape index (κ1) is 16.0. The van der Waals surface area contributed by atoms with E-state index in [0.29, 0.717) is 0 Å². The quantitative estimate of drug-likeness (QED) is 0.660. The Labute approximate surface area is 107 Å². The van der Waals surface area contributed by atoms with Crippen molar-refractivity contribution >= 4 is 0 Å². The Morgan fingerprint density at radius 2 is 1.47 bits per heavy atom. The van der Waals surface area contributed by atoms with Crippen molar-refractivity contribution in [1.82, 2.24) is 0 Å². The molecule has 0 spiro atoms. The molecule has 2 nitrogen and oxygen atoms in total. The van der Waals surface area contributed by atoms with Crippen molar-refractivity contribution in [2.24, 2.45) is 0 Å². The van der Waals surface area contributed by atoms with Gasteiger partial charge < -0.3 is 9.22 Å². The molecule has 17 heavy (non-hydrogen) atoms. The maximum atomic E-state index is 5.75. The lowest BCUT2D eigenvalue weighted by Crippen LogP contribution is -2.49. The standard InChI is InChI=1S/C14H24NO.CH4/c1-4-15(5-2,6-3)12-13-16-14-10-8-7-9-11-14;/h7-11H,4-6,12-13H2,1-3H3;1H4/q+1;. The van der Waals surface area contributed by atoms with Gasteiger partial charge in [-0.1, -0.05) is 25.6 Å². The summed E-state index contributed by atoms with van der Waals surface area (Å²) in [5, 5.41) is 0. The van der Waals surface area contributed by atoms with Crippen LogP contribution in [0, 0.1) is 0 Å². The topological polar surface area (TPSA) is 9.23 Å². The third kappa shape index (κ3) is 4.78. The number of likely N-dealkylation sites (N-methyl/N-ethyl adjacent to an activating group) is 1. The fourth-order valence-electron chi connectivity index (χ4n) is 2.02. The molecule has 0 aliphatic rings. The van der Waals surface area contributed by atoms with Crippen LogP contribution in [0.1, 0.15) is 28.2 Å². The highest BCUT2D eigenvalue weighted by atomic mass is 16.5. The van der Waals surface area contributed by atoms with Crippen LogP contribution in [0.15, 0.2) is 30.3 Å². The summed E-state index contributed by atoms with van der Waals surface area (Å²) in [7, 11) is 0. The monoisotopic (exact) mass is 238 g/mol. The molecule has 0 saturated carbocycles. The van der Waals surface area contributed by atoms with Gasteiger partial charge in [-0.25, -0.2) is 0 Å². The lowest BCUT2D eigenvalue weighted by Gasteiger charge is -2.35. The van der Waals surface area contributed by atoms with Crippen LogP contribution in [-0.2, 0) is 0 Å². The number of quaternary nitrogens is 1. The van der Waals surface area contributed by atoms with Gasteiger partial charge in [0.2, 0.25) is 0 Å². The number of benzene rings is 1. The molecule has 0 bridgehead atoms. The van der Waals surface area contributed by atoms with E-state index in [1.54, 1.807) is 0 Å². The average Bonchev–Trinajstić information content (AvgIpc) is 2.37. The second-order valence-electron chi connectivity index (χ2n) is 4.18. The Bertz CT molecular complexity index is 272. The third-order valence-corrected chi connectivity index (χ3v) is 3.59. The van der Waals surface area contributed by atoms with Crippen LogP contribution < -0.4 is 4.74 Å². The number of ether oxygens (including phenoxy) is 1. The van der Waals surface area contributed by atoms with E-state index in [1.807, 2.05) is 30.3 Å². The SMILES string of the molecule is C.CC[N+](CC)(CC)CCOc1ccccc1. The maximum Gasteiger partial charge on any atom is 0.137 e. The fourth-order valence-corrected chi connectivity index (χ4v) is 2.02. The summed E-state index contributed by atoms with van der Waals surface area (Å²) in [5.41, 5.74) is 0. The van der Waals surface area contributed by atoms with Crippen LogP contribution in [-0.4, -0.2) is 37.3 Å². The van der Waals surface area contributed by atoms with Crippen molar-refractivity contribution in [3.63, 3.8) is 0 Å². The smallest absolute Gasteiger partial charge is 0.137 e. The molecule has 0 aliphatic carbocycles. The van der Waals surface area contributed by atoms with Crippen LogP contribution in [0.25, 0.3) is 0 Å². The molecule has 1 rings (SSSR count). The summed E-state index contributed by atoms with van der Waals surface area (Å²) in [5.74, 6) is 0.976. The zero-order chi connectivity index (χ0) is 11.9. The molecule has 0 N–H and O–H groups in total. The van der Waals surface area contributed by atoms with Gasteiger partial charge in [-0.05, 0) is 32.9 Å². The van der Waals surface area contributed by atoms with Crippen LogP contribution >= 0.6 is 0 Å². The molecule has 0 radical (unpaired) electrons. The van der Waals surface area contributed by atoms with Crippen molar-refractivity contribution in [3.8, 4) is 5.75 Å². The molecule has 0 amide bonds. The highest BCUT2D eigenvalue weighted by molar-refractivity contribution is 5.20. The van der Waals surface area contributed by atoms with Gasteiger partial charge in [0, 0.05) is 0 Å². The van der Waals surface area contributed by atoms with Crippen molar-refractivity contribution in [1.29, 1.82) is 0 Å². The Morgan fingerprint density at radius 1 is 0.941 bits per heavy atom. The zero-order valence-electron chi connectivity index (χ0n) is 10.8. The molecular formula is C15H28NO+. The Kier molecular flexibility index (Phi) is 7.64. The second kappa shape index (κ2) is 8.13. The minimum Gasteiger partial charge on any atom is -0.488 e. The van der Waals surface area contributed by atoms with Crippen molar-refractivity contribution in [2.75, 3.05) is 32.8 Å². The summed E-state index contributed by atoms with van der Waals surface area (Å²) in [6, 6.07) is 10.1. The van der Waals surface area contributed by atoms with E-state index in [9.17, 15) is 0 Å². The molecule has 0 fully saturated rings. The fraction of sp³-hybridized carbons (Fsp3) is 0.600. The van der Waals surface area contributed by atoms with Crippen molar-refractivity contribution in [3.05, 3.63) is 30.3 Å². The molecule has 0 atom stereocenters. The first-order chi connectivity index (χ1) is 7.76. The molecule has 0 heterocycles. The number of rotatable bonds is 7. The number of hydrogen-bond donors (Lipinski definition) is 0. The van der Waals surface area contributed by atoms with Gasteiger partial charge in [-0.3, -0.25) is 0 Å². The molecule has 0 unspecified atom stereocenters. The Hall–Kier alpha value is -1.02. The van der Waals surface area contributed by atoms with E-state index < -0.39 is 0 Å². The predicted octanol–water partition coefficient (Wildman–Crippen LogP) is 3.58. The predicted molar refractivity (Wildman–Crippen MR) is 75.4 cm³/mol. The lowest BCUT2D eigenvalue weighted by molar-refractivity contribution is -0.923. The average molecular weight is 238 g/mol. The van der Waals surface area contributed by atoms with E-state index in [-0.39, 0.29) is 7.43 Å². The first-order valence-corrected chi connectivity index (χ1v) is 6.29. The van der Waals surface area contributed by atoms with Crippen LogP contribution in [0.2, 0.25) is 0 Å². The Balaban J connectivity index is 0.00000256. The Morgan fingerprint density at radius 3 is 1.94 bits per heavy atom. The van der Waals surface area contributed by atoms with Gasteiger partial charge in [0.05, 0.1) is 19.6 Å². The molecule has 98 valence electrons. The summed E-state index contributed by atoms with van der Waals surface area (Å²) in [6.45, 7) is 12.2. The van der Waals surface area contributed by atoms with Crippen LogP contribution in [0.3, 0.4) is 0 Å². The van der Waals surface area contributed by atoms with Gasteiger partial charge in [0.15, 0.2) is 0 Å². The normalized spacial score (nSPS) is 10.8. The van der Waals surface area contributed by atoms with E-state index in [4.69, 9.17) is 4.74 Å². The van der Waals surface area contributed by atoms with Gasteiger partial charge in [-0.15, -0.1) is 0 Å². The molecular weight excluding hydrogens is 210 g/mol. The molecule has 1 aromatic carbocycles. The summed E-state index contributed by atoms with van der Waals surface area (Å²) in [4.78, 5) is 0. The zero-order valence-corrected chi connectivity index (χ0v) is 10.8. The summed E-state index contributed by atoms with van der Waals surface area (Å²) < 4.78 is 6.90. The highest BCUT2D eigenvalue weighted by Gasteiger charge is 2.20. The number of para-hydroxylation sites is 1. The maximum absolute atomic E-state index is 5.75. The van der Waals surface area contributed by atoms with Crippen LogP contribution in [0.4, 0.5) is 0 Å². The number of hydrogen-bond acceptors (Lipinski definition) is 1. The largest absolute Gasteiger partial charge is 0.488 e. The molecule has 0 aliphatic heterocycles. The molecule has 0 aromatic heterocycles. The highest BCUT2D eigenvalue weighted by Crippen LogP contribution is 2.10. The first-order valence-electron chi connectivity index (χ1n) is 6.29. The van der Waals surface area contributed by atoms with E-state index in [1.165, 1.54) is 19.6 Å². The van der Waals surface area contributed by atoms with Gasteiger partial charge in [-0.2, -0.15) is 0 Å². The molecule has 0 saturated heterocycles. The summed E-state index contributed by atoms with van der Waals surface area (Å²) in [6.07, 6.45) is 0. The second-order valence-corrected chi connectivity index (χ2v) is 4.18. The van der Waals surface area contributed by atoms with Crippen molar-refractivity contribution in [2.45, 2.75) is 28.2 Å². The van der Waals surface area contributed by atoms with E-state index in [2.05, 4.69) is 20.8 Å². The number of nitrogens with zero attached hydrogens (tertiary/aromatic N) is 1. The lowest BCUT2D eigenvalue weighted by atomic mass is 10.3. The van der Waals surface area contributed by atoms with Crippen molar-refractivity contribution < 1.29 is 9.22 Å². The molecule has 2 heteroatoms. The minimum atomic E-state index is 0. The van der Waals surface area contributed by atoms with Gasteiger partial charge >= 0.3 is 0 Å². The van der Waals surface area contributed by atoms with Gasteiger partial charge in [0.25, 0.3) is 0 Å². The third-order valence-electron chi connectivity index (χ3n) is 3.59. The summed E-state index contributed by atoms with van der Waals surface area (Å²) >= 11 is 0. The van der Waals surface area contributed by atoms with E-state index >= 15 is 0 Å². The van der Waals surface area contributed by atoms with Gasteiger partial charge in [0.1, 0.15) is 18.9 Å². The van der Waals surface area contributed by atoms with E-state index in [0.717, 1.165) is 23.4 Å². The molecule has 1 aromatic rings.